The molecular formula is C13H22N2O4S2. The summed E-state index contributed by atoms with van der Waals surface area (Å²) in [7, 11) is -5.18. The van der Waals surface area contributed by atoms with E-state index >= 15 is 0 Å². The maximum Gasteiger partial charge on any atom is 0.177 e. The number of hydrogen-bond donors (Lipinski definition) is 1. The molecule has 0 spiro atoms. The van der Waals surface area contributed by atoms with Crippen molar-refractivity contribution in [3.8, 4) is 0 Å². The van der Waals surface area contributed by atoms with Crippen LogP contribution in [-0.4, -0.2) is 56.0 Å². The summed E-state index contributed by atoms with van der Waals surface area (Å²) in [5, 5.41) is 3.16. The average molecular weight is 334 g/mol. The van der Waals surface area contributed by atoms with Gasteiger partial charge in [-0.3, -0.25) is 0 Å². The van der Waals surface area contributed by atoms with E-state index in [1.807, 2.05) is 6.92 Å². The van der Waals surface area contributed by atoms with Crippen molar-refractivity contribution in [2.75, 3.05) is 44.1 Å². The van der Waals surface area contributed by atoms with Gasteiger partial charge in [-0.05, 0) is 24.7 Å². The minimum Gasteiger partial charge on any atom is -0.372 e. The monoisotopic (exact) mass is 334 g/mol. The fraction of sp³-hybridized carbons (Fsp3) is 0.538. The molecule has 0 aromatic heterocycles. The Kier molecular flexibility index (Phi) is 5.77. The lowest BCUT2D eigenvalue weighted by atomic mass is 10.3. The van der Waals surface area contributed by atoms with Crippen LogP contribution in [0.25, 0.3) is 0 Å². The first-order valence-corrected chi connectivity index (χ1v) is 10.3. The molecule has 0 amide bonds. The van der Waals surface area contributed by atoms with Gasteiger partial charge in [0.15, 0.2) is 19.7 Å². The Morgan fingerprint density at radius 3 is 2.19 bits per heavy atom. The van der Waals surface area contributed by atoms with Crippen LogP contribution >= 0.6 is 0 Å². The Hall–Kier alpha value is -1.12. The number of nitrogens with zero attached hydrogens (tertiary/aromatic N) is 1. The van der Waals surface area contributed by atoms with Crippen LogP contribution in [0.3, 0.4) is 0 Å². The third-order valence-electron chi connectivity index (χ3n) is 3.04. The molecule has 1 N–H and O–H groups in total. The predicted molar refractivity (Wildman–Crippen MR) is 84.5 cm³/mol. The SMILES string of the molecule is CCNCCN(C)c1ccc(S(C)(=O)=O)cc1S(C)(=O)=O. The summed E-state index contributed by atoms with van der Waals surface area (Å²) in [6.45, 7) is 4.15. The van der Waals surface area contributed by atoms with Gasteiger partial charge in [0.2, 0.25) is 0 Å². The van der Waals surface area contributed by atoms with Gasteiger partial charge in [0.05, 0.1) is 15.5 Å². The number of likely N-dealkylation sites (N-methyl/N-ethyl adjacent to an activating group) is 2. The highest BCUT2D eigenvalue weighted by atomic mass is 32.2. The summed E-state index contributed by atoms with van der Waals surface area (Å²) in [6.07, 6.45) is 2.14. The fourth-order valence-corrected chi connectivity index (χ4v) is 3.55. The zero-order chi connectivity index (χ0) is 16.3. The second kappa shape index (κ2) is 6.76. The van der Waals surface area contributed by atoms with Crippen LogP contribution in [0.2, 0.25) is 0 Å². The summed E-state index contributed by atoms with van der Waals surface area (Å²) in [5.41, 5.74) is 0.503. The van der Waals surface area contributed by atoms with Crippen molar-refractivity contribution >= 4 is 25.4 Å². The number of rotatable bonds is 7. The van der Waals surface area contributed by atoms with E-state index in [4.69, 9.17) is 0 Å². The lowest BCUT2D eigenvalue weighted by Gasteiger charge is -2.22. The first-order chi connectivity index (χ1) is 9.57. The highest BCUT2D eigenvalue weighted by Crippen LogP contribution is 2.27. The average Bonchev–Trinajstić information content (AvgIpc) is 2.36. The molecular weight excluding hydrogens is 312 g/mol. The van der Waals surface area contributed by atoms with Gasteiger partial charge in [-0.1, -0.05) is 6.92 Å². The van der Waals surface area contributed by atoms with E-state index in [2.05, 4.69) is 5.32 Å². The first kappa shape index (κ1) is 17.9. The van der Waals surface area contributed by atoms with Crippen LogP contribution in [0.4, 0.5) is 5.69 Å². The highest BCUT2D eigenvalue weighted by Gasteiger charge is 2.19. The lowest BCUT2D eigenvalue weighted by Crippen LogP contribution is -2.29. The summed E-state index contributed by atoms with van der Waals surface area (Å²) in [6, 6.07) is 4.20. The molecule has 1 aromatic rings. The molecule has 1 aromatic carbocycles. The van der Waals surface area contributed by atoms with E-state index in [9.17, 15) is 16.8 Å². The molecule has 0 saturated heterocycles. The van der Waals surface area contributed by atoms with Gasteiger partial charge < -0.3 is 10.2 Å². The van der Waals surface area contributed by atoms with Gasteiger partial charge in [-0.15, -0.1) is 0 Å². The highest BCUT2D eigenvalue weighted by molar-refractivity contribution is 7.91. The van der Waals surface area contributed by atoms with Crippen LogP contribution < -0.4 is 10.2 Å². The van der Waals surface area contributed by atoms with E-state index in [1.54, 1.807) is 18.0 Å². The largest absolute Gasteiger partial charge is 0.372 e. The van der Waals surface area contributed by atoms with Crippen LogP contribution in [0.5, 0.6) is 0 Å². The molecule has 0 heterocycles. The smallest absolute Gasteiger partial charge is 0.177 e. The molecule has 0 aliphatic rings. The minimum absolute atomic E-state index is 0.00626. The van der Waals surface area contributed by atoms with Gasteiger partial charge in [0.1, 0.15) is 0 Å². The molecule has 0 aliphatic carbocycles. The topological polar surface area (TPSA) is 83.6 Å². The Morgan fingerprint density at radius 1 is 1.10 bits per heavy atom. The Bertz CT molecular complexity index is 697. The number of hydrogen-bond acceptors (Lipinski definition) is 6. The van der Waals surface area contributed by atoms with Crippen molar-refractivity contribution in [2.45, 2.75) is 16.7 Å². The molecule has 8 heteroatoms. The summed E-state index contributed by atoms with van der Waals surface area (Å²) in [4.78, 5) is 1.83. The van der Waals surface area contributed by atoms with Crippen LogP contribution in [0.15, 0.2) is 28.0 Å². The van der Waals surface area contributed by atoms with Crippen LogP contribution in [-0.2, 0) is 19.7 Å². The molecule has 0 atom stereocenters. The quantitative estimate of drug-likeness (QED) is 0.733. The van der Waals surface area contributed by atoms with Crippen molar-refractivity contribution in [1.82, 2.24) is 5.32 Å². The molecule has 0 radical (unpaired) electrons. The zero-order valence-electron chi connectivity index (χ0n) is 12.8. The van der Waals surface area contributed by atoms with Crippen molar-refractivity contribution < 1.29 is 16.8 Å². The Labute approximate surface area is 127 Å². The number of nitrogens with one attached hydrogen (secondary N) is 1. The van der Waals surface area contributed by atoms with Gasteiger partial charge in [-0.25, -0.2) is 16.8 Å². The van der Waals surface area contributed by atoms with Crippen LogP contribution in [0, 0.1) is 0 Å². The standard InChI is InChI=1S/C13H22N2O4S2/c1-5-14-8-9-15(2)12-7-6-11(20(3,16)17)10-13(12)21(4,18)19/h6-7,10,14H,5,8-9H2,1-4H3. The van der Waals surface area contributed by atoms with E-state index in [0.717, 1.165) is 19.1 Å². The molecule has 6 nitrogen and oxygen atoms in total. The van der Waals surface area contributed by atoms with Gasteiger partial charge >= 0.3 is 0 Å². The number of anilines is 1. The van der Waals surface area contributed by atoms with Gasteiger partial charge in [0.25, 0.3) is 0 Å². The van der Waals surface area contributed by atoms with Gasteiger partial charge in [-0.2, -0.15) is 0 Å². The minimum atomic E-state index is -3.52. The molecule has 1 rings (SSSR count). The molecule has 0 aliphatic heterocycles. The Morgan fingerprint density at radius 2 is 1.71 bits per heavy atom. The van der Waals surface area contributed by atoms with Crippen molar-refractivity contribution in [3.63, 3.8) is 0 Å². The molecule has 21 heavy (non-hydrogen) atoms. The van der Waals surface area contributed by atoms with Crippen LogP contribution in [0.1, 0.15) is 6.92 Å². The molecule has 0 unspecified atom stereocenters. The Balaban J connectivity index is 3.27. The third kappa shape index (κ3) is 4.98. The first-order valence-electron chi connectivity index (χ1n) is 6.53. The van der Waals surface area contributed by atoms with E-state index in [-0.39, 0.29) is 9.79 Å². The van der Waals surface area contributed by atoms with Crippen molar-refractivity contribution in [3.05, 3.63) is 18.2 Å². The zero-order valence-corrected chi connectivity index (χ0v) is 14.4. The molecule has 0 saturated carbocycles. The lowest BCUT2D eigenvalue weighted by molar-refractivity contribution is 0.599. The summed E-state index contributed by atoms with van der Waals surface area (Å²) >= 11 is 0. The molecule has 120 valence electrons. The van der Waals surface area contributed by atoms with Gasteiger partial charge in [0, 0.05) is 32.6 Å². The van der Waals surface area contributed by atoms with E-state index < -0.39 is 19.7 Å². The summed E-state index contributed by atoms with van der Waals surface area (Å²) < 4.78 is 47.0. The number of benzene rings is 1. The predicted octanol–water partition coefficient (Wildman–Crippen LogP) is 0.539. The second-order valence-corrected chi connectivity index (χ2v) is 8.95. The molecule has 0 fully saturated rings. The van der Waals surface area contributed by atoms with Crippen molar-refractivity contribution in [2.24, 2.45) is 0 Å². The van der Waals surface area contributed by atoms with Crippen molar-refractivity contribution in [1.29, 1.82) is 0 Å². The van der Waals surface area contributed by atoms with E-state index in [1.165, 1.54) is 12.1 Å². The maximum absolute atomic E-state index is 11.9. The number of sulfone groups is 2. The molecule has 0 bridgehead atoms. The third-order valence-corrected chi connectivity index (χ3v) is 5.28. The maximum atomic E-state index is 11.9. The summed E-state index contributed by atoms with van der Waals surface area (Å²) in [5.74, 6) is 0. The van der Waals surface area contributed by atoms with E-state index in [0.29, 0.717) is 18.8 Å². The normalized spacial score (nSPS) is 12.4. The second-order valence-electron chi connectivity index (χ2n) is 4.95. The fourth-order valence-electron chi connectivity index (χ4n) is 1.88.